The fourth-order valence-corrected chi connectivity index (χ4v) is 3.32. The number of rotatable bonds is 7. The van der Waals surface area contributed by atoms with E-state index in [1.165, 1.54) is 39.4 Å². The van der Waals surface area contributed by atoms with Crippen LogP contribution in [0.3, 0.4) is 0 Å². The van der Waals surface area contributed by atoms with Crippen molar-refractivity contribution in [2.24, 2.45) is 0 Å². The van der Waals surface area contributed by atoms with Crippen molar-refractivity contribution in [3.63, 3.8) is 0 Å². The molecule has 1 N–H and O–H groups in total. The van der Waals surface area contributed by atoms with Crippen LogP contribution in [0.1, 0.15) is 15.9 Å². The molecule has 0 atom stereocenters. The Kier molecular flexibility index (Phi) is 6.23. The highest BCUT2D eigenvalue weighted by molar-refractivity contribution is 7.89. The van der Waals surface area contributed by atoms with Crippen LogP contribution in [-0.2, 0) is 16.6 Å². The fourth-order valence-electron chi connectivity index (χ4n) is 2.24. The number of ether oxygens (including phenoxy) is 2. The molecule has 1 amide bonds. The minimum Gasteiger partial charge on any atom is -0.497 e. The summed E-state index contributed by atoms with van der Waals surface area (Å²) in [7, 11) is 2.07. The third kappa shape index (κ3) is 4.33. The minimum absolute atomic E-state index is 0.0536. The van der Waals surface area contributed by atoms with Crippen molar-refractivity contribution < 1.29 is 22.7 Å². The molecule has 0 aliphatic rings. The number of hydrogen-bond donors (Lipinski definition) is 1. The van der Waals surface area contributed by atoms with Crippen LogP contribution >= 0.6 is 0 Å². The minimum atomic E-state index is -3.74. The zero-order valence-corrected chi connectivity index (χ0v) is 16.0. The first-order valence-electron chi connectivity index (χ1n) is 7.81. The third-order valence-corrected chi connectivity index (χ3v) is 5.63. The van der Waals surface area contributed by atoms with Gasteiger partial charge in [-0.1, -0.05) is 12.1 Å². The molecule has 2 aromatic rings. The van der Waals surface area contributed by atoms with E-state index < -0.39 is 10.0 Å². The van der Waals surface area contributed by atoms with Gasteiger partial charge in [0, 0.05) is 26.2 Å². The zero-order chi connectivity index (χ0) is 19.3. The number of sulfonamides is 1. The Hall–Kier alpha value is -2.58. The highest BCUT2D eigenvalue weighted by Gasteiger charge is 2.23. The predicted octanol–water partition coefficient (Wildman–Crippen LogP) is 1.88. The number of benzene rings is 2. The second-order valence-corrected chi connectivity index (χ2v) is 7.80. The molecule has 0 aromatic heterocycles. The maximum atomic E-state index is 12.4. The molecule has 0 radical (unpaired) electrons. The molecule has 2 aromatic carbocycles. The van der Waals surface area contributed by atoms with E-state index in [0.717, 1.165) is 15.6 Å². The van der Waals surface area contributed by atoms with Gasteiger partial charge in [0.25, 0.3) is 5.91 Å². The van der Waals surface area contributed by atoms with Gasteiger partial charge < -0.3 is 14.8 Å². The van der Waals surface area contributed by atoms with Crippen LogP contribution in [0, 0.1) is 0 Å². The van der Waals surface area contributed by atoms with Crippen LogP contribution in [0.2, 0.25) is 0 Å². The van der Waals surface area contributed by atoms with Crippen LogP contribution in [0.15, 0.2) is 47.4 Å². The zero-order valence-electron chi connectivity index (χ0n) is 15.1. The van der Waals surface area contributed by atoms with Crippen molar-refractivity contribution in [1.82, 2.24) is 9.62 Å². The van der Waals surface area contributed by atoms with Gasteiger partial charge in [0.2, 0.25) is 10.0 Å². The van der Waals surface area contributed by atoms with Crippen molar-refractivity contribution in [2.75, 3.05) is 28.3 Å². The van der Waals surface area contributed by atoms with Crippen molar-refractivity contribution in [1.29, 1.82) is 0 Å². The Morgan fingerprint density at radius 1 is 1.04 bits per heavy atom. The molecule has 140 valence electrons. The van der Waals surface area contributed by atoms with Gasteiger partial charge in [0.05, 0.1) is 14.2 Å². The van der Waals surface area contributed by atoms with E-state index in [1.807, 2.05) is 12.1 Å². The van der Waals surface area contributed by atoms with Gasteiger partial charge >= 0.3 is 0 Å². The summed E-state index contributed by atoms with van der Waals surface area (Å²) in [5.74, 6) is 0.540. The van der Waals surface area contributed by atoms with Gasteiger partial charge in [-0.3, -0.25) is 4.79 Å². The maximum Gasteiger partial charge on any atom is 0.251 e. The van der Waals surface area contributed by atoms with E-state index in [2.05, 4.69) is 5.32 Å². The fraction of sp³-hybridized carbons (Fsp3) is 0.278. The molecule has 0 spiro atoms. The van der Waals surface area contributed by atoms with E-state index in [1.54, 1.807) is 19.2 Å². The van der Waals surface area contributed by atoms with Crippen LogP contribution in [0.25, 0.3) is 0 Å². The first kappa shape index (κ1) is 19.7. The highest BCUT2D eigenvalue weighted by Crippen LogP contribution is 2.26. The molecule has 0 heterocycles. The number of amides is 1. The topological polar surface area (TPSA) is 84.9 Å². The van der Waals surface area contributed by atoms with Gasteiger partial charge in [-0.05, 0) is 35.9 Å². The predicted molar refractivity (Wildman–Crippen MR) is 98.0 cm³/mol. The second-order valence-electron chi connectivity index (χ2n) is 5.68. The first-order chi connectivity index (χ1) is 12.3. The van der Waals surface area contributed by atoms with Gasteiger partial charge in [-0.2, -0.15) is 0 Å². The largest absolute Gasteiger partial charge is 0.497 e. The molecule has 0 saturated carbocycles. The summed E-state index contributed by atoms with van der Waals surface area (Å²) in [5, 5.41) is 2.77. The molecule has 0 unspecified atom stereocenters. The quantitative estimate of drug-likeness (QED) is 0.795. The Balaban J connectivity index is 2.20. The molecule has 26 heavy (non-hydrogen) atoms. The Morgan fingerprint density at radius 2 is 1.69 bits per heavy atom. The number of hydrogen-bond acceptors (Lipinski definition) is 5. The molecule has 7 nitrogen and oxygen atoms in total. The third-order valence-electron chi connectivity index (χ3n) is 3.80. The van der Waals surface area contributed by atoms with Crippen molar-refractivity contribution in [3.8, 4) is 11.5 Å². The van der Waals surface area contributed by atoms with E-state index in [4.69, 9.17) is 9.47 Å². The van der Waals surface area contributed by atoms with Crippen molar-refractivity contribution in [2.45, 2.75) is 11.4 Å². The van der Waals surface area contributed by atoms with Gasteiger partial charge in [-0.15, -0.1) is 0 Å². The van der Waals surface area contributed by atoms with E-state index >= 15 is 0 Å². The van der Waals surface area contributed by atoms with Crippen LogP contribution in [-0.4, -0.2) is 46.9 Å². The number of nitrogens with zero attached hydrogens (tertiary/aromatic N) is 1. The summed E-state index contributed by atoms with van der Waals surface area (Å²) in [5.41, 5.74) is 1.13. The molecule has 0 bridgehead atoms. The Bertz CT molecular complexity index is 877. The molecule has 0 fully saturated rings. The maximum absolute atomic E-state index is 12.4. The van der Waals surface area contributed by atoms with Gasteiger partial charge in [0.1, 0.15) is 16.4 Å². The van der Waals surface area contributed by atoms with Gasteiger partial charge in [0.15, 0.2) is 0 Å². The molecular formula is C18H22N2O5S. The van der Waals surface area contributed by atoms with Crippen molar-refractivity contribution in [3.05, 3.63) is 53.6 Å². The number of carbonyl (C=O) groups excluding carboxylic acids is 1. The average Bonchev–Trinajstić information content (AvgIpc) is 2.65. The van der Waals surface area contributed by atoms with Crippen LogP contribution in [0.4, 0.5) is 0 Å². The normalized spacial score (nSPS) is 11.3. The molecule has 0 aliphatic carbocycles. The highest BCUT2D eigenvalue weighted by atomic mass is 32.2. The molecule has 0 aliphatic heterocycles. The summed E-state index contributed by atoms with van der Waals surface area (Å²) in [6.45, 7) is 0.310. The summed E-state index contributed by atoms with van der Waals surface area (Å²) in [6.07, 6.45) is 0. The lowest BCUT2D eigenvalue weighted by Crippen LogP contribution is -2.25. The average molecular weight is 378 g/mol. The monoisotopic (exact) mass is 378 g/mol. The Labute approximate surface area is 153 Å². The lowest BCUT2D eigenvalue weighted by molar-refractivity contribution is 0.0950. The standard InChI is InChI=1S/C18H22N2O5S/c1-20(2)26(22,23)17-11-14(7-10-16(17)25-4)18(21)19-12-13-5-8-15(24-3)9-6-13/h5-11H,12H2,1-4H3,(H,19,21). The summed E-state index contributed by atoms with van der Waals surface area (Å²) >= 11 is 0. The summed E-state index contributed by atoms with van der Waals surface area (Å²) in [6, 6.07) is 11.6. The van der Waals surface area contributed by atoms with E-state index in [-0.39, 0.29) is 22.1 Å². The lowest BCUT2D eigenvalue weighted by atomic mass is 10.2. The number of carbonyl (C=O) groups is 1. The molecule has 8 heteroatoms. The van der Waals surface area contributed by atoms with E-state index in [0.29, 0.717) is 6.54 Å². The van der Waals surface area contributed by atoms with Crippen molar-refractivity contribution >= 4 is 15.9 Å². The SMILES string of the molecule is COc1ccc(CNC(=O)c2ccc(OC)c(S(=O)(=O)N(C)C)c2)cc1. The summed E-state index contributed by atoms with van der Waals surface area (Å²) in [4.78, 5) is 12.4. The second kappa shape index (κ2) is 8.20. The number of nitrogens with one attached hydrogen (secondary N) is 1. The van der Waals surface area contributed by atoms with Crippen LogP contribution < -0.4 is 14.8 Å². The van der Waals surface area contributed by atoms with Crippen LogP contribution in [0.5, 0.6) is 11.5 Å². The molecular weight excluding hydrogens is 356 g/mol. The molecule has 0 saturated heterocycles. The lowest BCUT2D eigenvalue weighted by Gasteiger charge is -2.15. The van der Waals surface area contributed by atoms with E-state index in [9.17, 15) is 13.2 Å². The Morgan fingerprint density at radius 3 is 2.23 bits per heavy atom. The summed E-state index contributed by atoms with van der Waals surface area (Å²) < 4.78 is 36.1. The van der Waals surface area contributed by atoms with Gasteiger partial charge in [-0.25, -0.2) is 12.7 Å². The first-order valence-corrected chi connectivity index (χ1v) is 9.25. The smallest absolute Gasteiger partial charge is 0.251 e. The number of methoxy groups -OCH3 is 2. The molecule has 2 rings (SSSR count).